The van der Waals surface area contributed by atoms with E-state index in [-0.39, 0.29) is 0 Å². The van der Waals surface area contributed by atoms with Gasteiger partial charge in [-0.05, 0) is 49.7 Å². The fourth-order valence-electron chi connectivity index (χ4n) is 6.63. The number of hydrogen-bond acceptors (Lipinski definition) is 4. The Morgan fingerprint density at radius 3 is 1.78 bits per heavy atom. The highest BCUT2D eigenvalue weighted by atomic mass is 16.3. The number of fused-ring (bicyclic) bond motifs is 7. The van der Waals surface area contributed by atoms with Gasteiger partial charge in [0.15, 0.2) is 11.6 Å². The molecule has 0 spiro atoms. The molecule has 6 heteroatoms. The lowest BCUT2D eigenvalue weighted by Crippen LogP contribution is -2.06. The van der Waals surface area contributed by atoms with Gasteiger partial charge in [0.1, 0.15) is 5.58 Å². The summed E-state index contributed by atoms with van der Waals surface area (Å²) in [6.07, 6.45) is 0. The average molecular weight is 582 g/mol. The van der Waals surface area contributed by atoms with Crippen molar-refractivity contribution in [2.45, 2.75) is 13.8 Å². The summed E-state index contributed by atoms with van der Waals surface area (Å²) in [7, 11) is 0. The van der Waals surface area contributed by atoms with Crippen molar-refractivity contribution in [2.75, 3.05) is 0 Å². The summed E-state index contributed by atoms with van der Waals surface area (Å²) in [5.74, 6) is 1.73. The molecule has 45 heavy (non-hydrogen) atoms. The first kappa shape index (κ1) is 25.5. The minimum absolute atomic E-state index is 0.513. The van der Waals surface area contributed by atoms with Crippen LogP contribution in [0.3, 0.4) is 0 Å². The number of aryl methyl sites for hydroxylation is 1. The third kappa shape index (κ3) is 3.79. The standard InChI is InChI=1S/C39H27N5O/c1-24-25(2)43(28-18-10-5-11-19-28)32-23-22-30-34-29-20-12-13-21-31(29)44(38(34)45-35(30)33(24)32)39-41-36(26-14-6-3-7-15-26)40-37(42-39)27-16-8-4-9-17-27/h3-23H,1-2H3. The lowest BCUT2D eigenvalue weighted by Gasteiger charge is -2.10. The smallest absolute Gasteiger partial charge is 0.241 e. The highest BCUT2D eigenvalue weighted by molar-refractivity contribution is 6.24. The lowest BCUT2D eigenvalue weighted by atomic mass is 10.1. The first-order chi connectivity index (χ1) is 22.2. The molecule has 0 aliphatic rings. The highest BCUT2D eigenvalue weighted by Crippen LogP contribution is 2.43. The van der Waals surface area contributed by atoms with Gasteiger partial charge in [0.05, 0.1) is 16.4 Å². The van der Waals surface area contributed by atoms with Gasteiger partial charge in [0, 0.05) is 38.7 Å². The van der Waals surface area contributed by atoms with Gasteiger partial charge in [0.2, 0.25) is 11.7 Å². The van der Waals surface area contributed by atoms with E-state index >= 15 is 0 Å². The Bertz CT molecular complexity index is 2480. The summed E-state index contributed by atoms with van der Waals surface area (Å²) >= 11 is 0. The van der Waals surface area contributed by atoms with E-state index in [1.54, 1.807) is 0 Å². The maximum absolute atomic E-state index is 6.96. The van der Waals surface area contributed by atoms with Gasteiger partial charge >= 0.3 is 0 Å². The van der Waals surface area contributed by atoms with Crippen LogP contribution in [0.2, 0.25) is 0 Å². The molecular weight excluding hydrogens is 554 g/mol. The average Bonchev–Trinajstić information content (AvgIpc) is 3.72. The van der Waals surface area contributed by atoms with Gasteiger partial charge in [0.25, 0.3) is 0 Å². The molecule has 0 bridgehead atoms. The van der Waals surface area contributed by atoms with Crippen LogP contribution in [0.4, 0.5) is 0 Å². The van der Waals surface area contributed by atoms with Crippen LogP contribution in [0.25, 0.3) is 78.3 Å². The maximum atomic E-state index is 6.96. The van der Waals surface area contributed by atoms with E-state index < -0.39 is 0 Å². The van der Waals surface area contributed by atoms with E-state index in [0.29, 0.717) is 23.3 Å². The normalized spacial score (nSPS) is 11.8. The fourth-order valence-corrected chi connectivity index (χ4v) is 6.63. The summed E-state index contributed by atoms with van der Waals surface area (Å²) in [5.41, 5.74) is 9.04. The van der Waals surface area contributed by atoms with Crippen LogP contribution in [0.15, 0.2) is 132 Å². The van der Waals surface area contributed by atoms with Crippen molar-refractivity contribution >= 4 is 43.9 Å². The second-order valence-electron chi connectivity index (χ2n) is 11.4. The number of hydrogen-bond donors (Lipinski definition) is 0. The van der Waals surface area contributed by atoms with E-state index in [1.165, 1.54) is 11.3 Å². The highest BCUT2D eigenvalue weighted by Gasteiger charge is 2.25. The number of benzene rings is 5. The van der Waals surface area contributed by atoms with Gasteiger partial charge < -0.3 is 8.98 Å². The lowest BCUT2D eigenvalue weighted by molar-refractivity contribution is 0.644. The van der Waals surface area contributed by atoms with Crippen LogP contribution in [-0.4, -0.2) is 24.1 Å². The molecule has 0 N–H and O–H groups in total. The first-order valence-corrected chi connectivity index (χ1v) is 15.1. The van der Waals surface area contributed by atoms with Crippen LogP contribution in [0, 0.1) is 13.8 Å². The van der Waals surface area contributed by atoms with Crippen LogP contribution in [-0.2, 0) is 0 Å². The SMILES string of the molecule is Cc1c(C)n(-c2ccccc2)c2ccc3c(oc4c3c3ccccc3n4-c3nc(-c4ccccc4)nc(-c4ccccc4)n3)c12. The Hall–Kier alpha value is -6.01. The number of para-hydroxylation sites is 2. The van der Waals surface area contributed by atoms with Crippen LogP contribution < -0.4 is 0 Å². The molecule has 5 aromatic carbocycles. The van der Waals surface area contributed by atoms with Crippen LogP contribution in [0.5, 0.6) is 0 Å². The van der Waals surface area contributed by atoms with Gasteiger partial charge in [-0.3, -0.25) is 0 Å². The Labute approximate surface area is 258 Å². The Kier molecular flexibility index (Phi) is 5.53. The predicted molar refractivity (Wildman–Crippen MR) is 181 cm³/mol. The Morgan fingerprint density at radius 1 is 0.511 bits per heavy atom. The van der Waals surface area contributed by atoms with Crippen molar-refractivity contribution in [2.24, 2.45) is 0 Å². The van der Waals surface area contributed by atoms with Crippen LogP contribution >= 0.6 is 0 Å². The molecule has 0 radical (unpaired) electrons. The quantitative estimate of drug-likeness (QED) is 0.208. The van der Waals surface area contributed by atoms with Gasteiger partial charge in [-0.2, -0.15) is 9.97 Å². The monoisotopic (exact) mass is 581 g/mol. The summed E-state index contributed by atoms with van der Waals surface area (Å²) < 4.78 is 11.3. The molecule has 0 unspecified atom stereocenters. The second kappa shape index (κ2) is 9.76. The van der Waals surface area contributed by atoms with Gasteiger partial charge in [-0.15, -0.1) is 0 Å². The zero-order valence-corrected chi connectivity index (χ0v) is 24.8. The summed E-state index contributed by atoms with van der Waals surface area (Å²) in [6.45, 7) is 4.35. The van der Waals surface area contributed by atoms with Gasteiger partial charge in [-0.25, -0.2) is 9.55 Å². The van der Waals surface area contributed by atoms with E-state index in [2.05, 4.69) is 73.0 Å². The number of nitrogens with zero attached hydrogens (tertiary/aromatic N) is 5. The molecule has 0 saturated heterocycles. The molecular formula is C39H27N5O. The zero-order chi connectivity index (χ0) is 30.1. The number of aromatic nitrogens is 5. The van der Waals surface area contributed by atoms with Crippen molar-refractivity contribution in [1.82, 2.24) is 24.1 Å². The maximum Gasteiger partial charge on any atom is 0.241 e. The molecule has 0 fully saturated rings. The third-order valence-electron chi connectivity index (χ3n) is 8.83. The molecule has 0 amide bonds. The van der Waals surface area contributed by atoms with Crippen molar-refractivity contribution in [1.29, 1.82) is 0 Å². The molecule has 4 aromatic heterocycles. The minimum Gasteiger partial charge on any atom is -0.438 e. The minimum atomic E-state index is 0.513. The Balaban J connectivity index is 1.38. The van der Waals surface area contributed by atoms with Crippen molar-refractivity contribution in [3.63, 3.8) is 0 Å². The van der Waals surface area contributed by atoms with Crippen LogP contribution in [0.1, 0.15) is 11.3 Å². The molecule has 9 aromatic rings. The third-order valence-corrected chi connectivity index (χ3v) is 8.83. The number of furan rings is 1. The first-order valence-electron chi connectivity index (χ1n) is 15.1. The molecule has 0 saturated carbocycles. The molecule has 0 aliphatic heterocycles. The largest absolute Gasteiger partial charge is 0.438 e. The van der Waals surface area contributed by atoms with E-state index in [9.17, 15) is 0 Å². The topological polar surface area (TPSA) is 61.7 Å². The molecule has 0 aliphatic carbocycles. The summed E-state index contributed by atoms with van der Waals surface area (Å²) in [6, 6.07) is 43.4. The number of rotatable bonds is 4. The molecule has 214 valence electrons. The molecule has 0 atom stereocenters. The van der Waals surface area contributed by atoms with Crippen molar-refractivity contribution < 1.29 is 4.42 Å². The molecule has 9 rings (SSSR count). The molecule has 4 heterocycles. The van der Waals surface area contributed by atoms with E-state index in [1.807, 2.05) is 77.4 Å². The van der Waals surface area contributed by atoms with Crippen molar-refractivity contribution in [3.05, 3.63) is 139 Å². The van der Waals surface area contributed by atoms with Crippen molar-refractivity contribution in [3.8, 4) is 34.4 Å². The second-order valence-corrected chi connectivity index (χ2v) is 11.4. The van der Waals surface area contributed by atoms with E-state index in [4.69, 9.17) is 19.4 Å². The zero-order valence-electron chi connectivity index (χ0n) is 24.8. The summed E-state index contributed by atoms with van der Waals surface area (Å²) in [5, 5.41) is 4.33. The van der Waals surface area contributed by atoms with Gasteiger partial charge in [-0.1, -0.05) is 97.1 Å². The predicted octanol–water partition coefficient (Wildman–Crippen LogP) is 9.61. The fraction of sp³-hybridized carbons (Fsp3) is 0.0513. The van der Waals surface area contributed by atoms with E-state index in [0.717, 1.165) is 55.0 Å². The Morgan fingerprint density at radius 2 is 1.11 bits per heavy atom. The summed E-state index contributed by atoms with van der Waals surface area (Å²) in [4.78, 5) is 15.0. The molecule has 6 nitrogen and oxygen atoms in total.